The number of rotatable bonds is 4. The Labute approximate surface area is 151 Å². The van der Waals surface area contributed by atoms with Gasteiger partial charge >= 0.3 is 5.91 Å². The maximum absolute atomic E-state index is 12.0. The molecule has 1 heterocycles. The van der Waals surface area contributed by atoms with Crippen molar-refractivity contribution in [1.82, 2.24) is 4.98 Å². The van der Waals surface area contributed by atoms with Crippen LogP contribution in [0.15, 0.2) is 40.6 Å². The smallest absolute Gasteiger partial charge is 0.302 e. The molecule has 2 N–H and O–H groups in total. The van der Waals surface area contributed by atoms with Gasteiger partial charge in [-0.1, -0.05) is 24.3 Å². The van der Waals surface area contributed by atoms with Crippen LogP contribution in [0.1, 0.15) is 22.3 Å². The van der Waals surface area contributed by atoms with Gasteiger partial charge in [0.05, 0.1) is 5.52 Å². The highest BCUT2D eigenvalue weighted by molar-refractivity contribution is 5.96. The number of hydrogen-bond acceptors (Lipinski definition) is 4. The average Bonchev–Trinajstić information content (AvgIpc) is 2.93. The van der Waals surface area contributed by atoms with Crippen LogP contribution in [0.5, 0.6) is 11.6 Å². The summed E-state index contributed by atoms with van der Waals surface area (Å²) in [5.74, 6) is 0.0128. The number of aromatic hydroxyl groups is 1. The van der Waals surface area contributed by atoms with Gasteiger partial charge in [-0.2, -0.15) is 0 Å². The minimum absolute atomic E-state index is 0.110. The number of hydrogen-bond donors (Lipinski definition) is 2. The summed E-state index contributed by atoms with van der Waals surface area (Å²) in [6.07, 6.45) is 0. The third-order valence-corrected chi connectivity index (χ3v) is 4.41. The van der Waals surface area contributed by atoms with Gasteiger partial charge in [0.25, 0.3) is 0 Å². The van der Waals surface area contributed by atoms with E-state index >= 15 is 0 Å². The number of fused-ring (bicyclic) bond motifs is 1. The molecule has 0 saturated carbocycles. The summed E-state index contributed by atoms with van der Waals surface area (Å²) < 4.78 is 5.53. The Morgan fingerprint density at radius 2 is 1.85 bits per heavy atom. The fraction of sp³-hybridized carbons (Fsp3) is 0.250. The second-order valence-corrected chi connectivity index (χ2v) is 6.40. The van der Waals surface area contributed by atoms with E-state index in [1.165, 1.54) is 0 Å². The largest absolute Gasteiger partial charge is 0.493 e. The summed E-state index contributed by atoms with van der Waals surface area (Å²) in [5.41, 5.74) is 5.15. The molecule has 0 fully saturated rings. The second kappa shape index (κ2) is 7.00. The van der Waals surface area contributed by atoms with Crippen LogP contribution in [0.4, 0.5) is 5.69 Å². The zero-order valence-electron chi connectivity index (χ0n) is 15.3. The van der Waals surface area contributed by atoms with Crippen molar-refractivity contribution in [3.05, 3.63) is 52.6 Å². The Hall–Kier alpha value is -3.15. The third kappa shape index (κ3) is 3.44. The van der Waals surface area contributed by atoms with Crippen LogP contribution < -0.4 is 4.74 Å². The number of aromatic nitrogens is 1. The number of amides is 1. The van der Waals surface area contributed by atoms with E-state index in [9.17, 15) is 9.90 Å². The molecule has 0 aliphatic heterocycles. The Morgan fingerprint density at radius 1 is 1.12 bits per heavy atom. The molecule has 0 spiro atoms. The predicted octanol–water partition coefficient (Wildman–Crippen LogP) is 4.80. The van der Waals surface area contributed by atoms with Crippen molar-refractivity contribution in [1.29, 1.82) is 0 Å². The molecule has 134 valence electrons. The lowest BCUT2D eigenvalue weighted by Crippen LogP contribution is -2.08. The van der Waals surface area contributed by atoms with Crippen LogP contribution in [0.3, 0.4) is 0 Å². The number of carbonyl (C=O) groups excluding carboxylic acids is 1. The first-order valence-electron chi connectivity index (χ1n) is 8.32. The molecule has 1 aromatic heterocycles. The van der Waals surface area contributed by atoms with Crippen molar-refractivity contribution in [2.75, 3.05) is 6.61 Å². The quantitative estimate of drug-likeness (QED) is 0.662. The first kappa shape index (κ1) is 17.7. The number of H-pyrrole nitrogens is 1. The van der Waals surface area contributed by atoms with Gasteiger partial charge in [0.15, 0.2) is 12.3 Å². The number of azo groups is 1. The Morgan fingerprint density at radius 3 is 2.62 bits per heavy atom. The molecule has 0 unspecified atom stereocenters. The minimum atomic E-state index is -0.525. The lowest BCUT2D eigenvalue weighted by molar-refractivity contribution is -0.120. The molecule has 0 aliphatic carbocycles. The lowest BCUT2D eigenvalue weighted by Gasteiger charge is -2.07. The summed E-state index contributed by atoms with van der Waals surface area (Å²) in [4.78, 5) is 14.9. The van der Waals surface area contributed by atoms with Crippen molar-refractivity contribution >= 4 is 22.5 Å². The fourth-order valence-corrected chi connectivity index (χ4v) is 2.72. The number of ether oxygens (including phenoxy) is 1. The van der Waals surface area contributed by atoms with Crippen LogP contribution in [-0.2, 0) is 4.79 Å². The maximum Gasteiger partial charge on any atom is 0.302 e. The van der Waals surface area contributed by atoms with Crippen LogP contribution in [-0.4, -0.2) is 22.6 Å². The Bertz CT molecular complexity index is 1020. The van der Waals surface area contributed by atoms with Crippen molar-refractivity contribution in [2.24, 2.45) is 10.2 Å². The Kier molecular flexibility index (Phi) is 4.75. The summed E-state index contributed by atoms with van der Waals surface area (Å²) in [6.45, 7) is 7.60. The molecule has 0 atom stereocenters. The second-order valence-electron chi connectivity index (χ2n) is 6.40. The summed E-state index contributed by atoms with van der Waals surface area (Å²) in [5, 5.41) is 18.4. The van der Waals surface area contributed by atoms with E-state index in [0.29, 0.717) is 5.75 Å². The molecule has 2 aromatic carbocycles. The Balaban J connectivity index is 1.76. The van der Waals surface area contributed by atoms with Gasteiger partial charge in [-0.3, -0.25) is 4.79 Å². The van der Waals surface area contributed by atoms with Gasteiger partial charge in [0, 0.05) is 5.39 Å². The fourth-order valence-electron chi connectivity index (χ4n) is 2.72. The number of carbonyl (C=O) groups is 1. The molecule has 26 heavy (non-hydrogen) atoms. The highest BCUT2D eigenvalue weighted by atomic mass is 16.5. The SMILES string of the molecule is Cc1ccc(C)c(OCC(=O)N=Nc2c(O)[nH]c3c(C)c(C)ccc23)c1. The van der Waals surface area contributed by atoms with Gasteiger partial charge in [0.2, 0.25) is 5.88 Å². The number of nitrogens with one attached hydrogen (secondary N) is 1. The number of benzene rings is 2. The topological polar surface area (TPSA) is 87.0 Å². The van der Waals surface area contributed by atoms with E-state index in [0.717, 1.165) is 33.2 Å². The number of aryl methyl sites for hydroxylation is 4. The number of aromatic amines is 1. The van der Waals surface area contributed by atoms with Crippen molar-refractivity contribution < 1.29 is 14.6 Å². The predicted molar refractivity (Wildman–Crippen MR) is 100 cm³/mol. The standard InChI is InChI=1S/C20H21N3O3/c1-11-5-6-13(3)16(9-11)26-10-17(24)22-23-19-15-8-7-12(2)14(4)18(15)21-20(19)25/h5-9,21,25H,10H2,1-4H3. The molecule has 1 amide bonds. The molecule has 0 bridgehead atoms. The van der Waals surface area contributed by atoms with Gasteiger partial charge in [-0.25, -0.2) is 0 Å². The summed E-state index contributed by atoms with van der Waals surface area (Å²) in [6, 6.07) is 9.57. The van der Waals surface area contributed by atoms with E-state index in [2.05, 4.69) is 15.2 Å². The van der Waals surface area contributed by atoms with E-state index in [-0.39, 0.29) is 18.2 Å². The monoisotopic (exact) mass is 351 g/mol. The molecule has 3 aromatic rings. The molecule has 3 rings (SSSR count). The lowest BCUT2D eigenvalue weighted by atomic mass is 10.1. The van der Waals surface area contributed by atoms with Crippen LogP contribution in [0.25, 0.3) is 10.9 Å². The molecule has 0 aliphatic rings. The van der Waals surface area contributed by atoms with Crippen LogP contribution in [0, 0.1) is 27.7 Å². The van der Waals surface area contributed by atoms with Gasteiger partial charge in [-0.05, 0) is 56.0 Å². The molecular weight excluding hydrogens is 330 g/mol. The van der Waals surface area contributed by atoms with Crippen molar-refractivity contribution in [3.8, 4) is 11.6 Å². The van der Waals surface area contributed by atoms with E-state index in [4.69, 9.17) is 4.74 Å². The maximum atomic E-state index is 12.0. The van der Waals surface area contributed by atoms with E-state index < -0.39 is 5.91 Å². The summed E-state index contributed by atoms with van der Waals surface area (Å²) in [7, 11) is 0. The van der Waals surface area contributed by atoms with Crippen molar-refractivity contribution in [2.45, 2.75) is 27.7 Å². The normalized spacial score (nSPS) is 11.4. The van der Waals surface area contributed by atoms with Crippen LogP contribution >= 0.6 is 0 Å². The van der Waals surface area contributed by atoms with Gasteiger partial charge < -0.3 is 14.8 Å². The molecule has 6 heteroatoms. The zero-order valence-corrected chi connectivity index (χ0v) is 15.3. The first-order valence-corrected chi connectivity index (χ1v) is 8.32. The van der Waals surface area contributed by atoms with Crippen LogP contribution in [0.2, 0.25) is 0 Å². The van der Waals surface area contributed by atoms with Gasteiger partial charge in [0.1, 0.15) is 5.75 Å². The molecule has 0 radical (unpaired) electrons. The highest BCUT2D eigenvalue weighted by Gasteiger charge is 2.13. The average molecular weight is 351 g/mol. The summed E-state index contributed by atoms with van der Waals surface area (Å²) >= 11 is 0. The first-order chi connectivity index (χ1) is 12.4. The van der Waals surface area contributed by atoms with Gasteiger partial charge in [-0.15, -0.1) is 10.2 Å². The number of nitrogens with zero attached hydrogens (tertiary/aromatic N) is 2. The van der Waals surface area contributed by atoms with Crippen molar-refractivity contribution in [3.63, 3.8) is 0 Å². The van der Waals surface area contributed by atoms with E-state index in [1.54, 1.807) is 0 Å². The molecule has 0 saturated heterocycles. The van der Waals surface area contributed by atoms with E-state index in [1.807, 2.05) is 58.0 Å². The highest BCUT2D eigenvalue weighted by Crippen LogP contribution is 2.37. The molecular formula is C20H21N3O3. The third-order valence-electron chi connectivity index (χ3n) is 4.41. The molecule has 6 nitrogen and oxygen atoms in total. The minimum Gasteiger partial charge on any atom is -0.493 e. The zero-order chi connectivity index (χ0) is 18.8.